The fourth-order valence-electron chi connectivity index (χ4n) is 1.46. The normalized spacial score (nSPS) is 11.4. The van der Waals surface area contributed by atoms with Crippen molar-refractivity contribution in [3.05, 3.63) is 48.5 Å². The number of phenolic OH excluding ortho intramolecular Hbond substituents is 2. The average Bonchev–Trinajstić information content (AvgIpc) is 2.30. The Morgan fingerprint density at radius 2 is 1.00 bits per heavy atom. The fraction of sp³-hybridized carbons (Fsp3) is 0. The van der Waals surface area contributed by atoms with E-state index in [4.69, 9.17) is 10.2 Å². The molecule has 2 rings (SSSR count). The summed E-state index contributed by atoms with van der Waals surface area (Å²) in [6.45, 7) is 0. The topological polar surface area (TPSA) is 77.8 Å². The Morgan fingerprint density at radius 1 is 0.706 bits per heavy atom. The zero-order valence-corrected chi connectivity index (χ0v) is 10.7. The molecule has 4 nitrogen and oxygen atoms in total. The van der Waals surface area contributed by atoms with Gasteiger partial charge in [-0.05, 0) is 0 Å². The van der Waals surface area contributed by atoms with Gasteiger partial charge in [-0.2, -0.15) is 0 Å². The minimum atomic E-state index is -4.35. The van der Waals surface area contributed by atoms with Crippen LogP contribution in [0.25, 0.3) is 0 Å². The van der Waals surface area contributed by atoms with Gasteiger partial charge in [-0.1, -0.05) is 0 Å². The van der Waals surface area contributed by atoms with Gasteiger partial charge in [0, 0.05) is 0 Å². The van der Waals surface area contributed by atoms with E-state index in [1.165, 1.54) is 48.5 Å². The molecular weight excluding hydrogens is 283 g/mol. The van der Waals surface area contributed by atoms with Gasteiger partial charge >= 0.3 is 101 Å². The Bertz CT molecular complexity index is 511. The standard InChI is InChI=1S/C12H11AsO4/c14-11-5-1-9(2-6-11)13(16,17)10-3-7-12(15)8-4-10/h1-8,14-15H,(H,16,17). The Morgan fingerprint density at radius 3 is 1.29 bits per heavy atom. The first kappa shape index (κ1) is 11.8. The van der Waals surface area contributed by atoms with Gasteiger partial charge in [0.2, 0.25) is 0 Å². The van der Waals surface area contributed by atoms with Crippen LogP contribution < -0.4 is 8.70 Å². The molecular formula is C12H11AsO4. The van der Waals surface area contributed by atoms with E-state index < -0.39 is 13.8 Å². The number of hydrogen-bond donors (Lipinski definition) is 3. The second-order valence-corrected chi connectivity index (χ2v) is 8.19. The molecule has 0 saturated heterocycles. The Hall–Kier alpha value is -1.64. The molecule has 0 fully saturated rings. The van der Waals surface area contributed by atoms with E-state index in [1.807, 2.05) is 0 Å². The zero-order valence-electron chi connectivity index (χ0n) is 8.82. The van der Waals surface area contributed by atoms with Crippen LogP contribution in [-0.4, -0.2) is 28.1 Å². The summed E-state index contributed by atoms with van der Waals surface area (Å²) in [6, 6.07) is 11.2. The monoisotopic (exact) mass is 294 g/mol. The van der Waals surface area contributed by atoms with E-state index in [0.29, 0.717) is 8.70 Å². The molecule has 0 radical (unpaired) electrons. The summed E-state index contributed by atoms with van der Waals surface area (Å²) in [5.41, 5.74) is 0. The quantitative estimate of drug-likeness (QED) is 0.685. The van der Waals surface area contributed by atoms with Gasteiger partial charge in [0.15, 0.2) is 0 Å². The molecule has 0 heterocycles. The molecule has 0 aromatic heterocycles. The van der Waals surface area contributed by atoms with Crippen molar-refractivity contribution in [3.8, 4) is 11.5 Å². The van der Waals surface area contributed by atoms with E-state index in [9.17, 15) is 7.84 Å². The first-order chi connectivity index (χ1) is 8.00. The maximum atomic E-state index is 12.3. The van der Waals surface area contributed by atoms with Crippen LogP contribution in [0.1, 0.15) is 0 Å². The molecule has 2 aromatic rings. The van der Waals surface area contributed by atoms with Crippen LogP contribution in [0.2, 0.25) is 0 Å². The van der Waals surface area contributed by atoms with Crippen molar-refractivity contribution in [3.63, 3.8) is 0 Å². The van der Waals surface area contributed by atoms with Gasteiger partial charge in [0.05, 0.1) is 0 Å². The van der Waals surface area contributed by atoms with Gasteiger partial charge in [0.25, 0.3) is 0 Å². The van der Waals surface area contributed by atoms with Crippen LogP contribution in [0, 0.1) is 0 Å². The summed E-state index contributed by atoms with van der Waals surface area (Å²) in [6.07, 6.45) is 0. The summed E-state index contributed by atoms with van der Waals surface area (Å²) in [5.74, 6) is 0.102. The van der Waals surface area contributed by atoms with Gasteiger partial charge in [-0.3, -0.25) is 0 Å². The zero-order chi connectivity index (χ0) is 12.5. The molecule has 3 N–H and O–H groups in total. The van der Waals surface area contributed by atoms with Crippen molar-refractivity contribution < 1.29 is 18.0 Å². The predicted molar refractivity (Wildman–Crippen MR) is 64.1 cm³/mol. The maximum absolute atomic E-state index is 12.3. The number of aromatic hydroxyl groups is 2. The first-order valence-corrected chi connectivity index (χ1v) is 8.40. The van der Waals surface area contributed by atoms with Gasteiger partial charge in [-0.15, -0.1) is 0 Å². The van der Waals surface area contributed by atoms with Gasteiger partial charge in [-0.25, -0.2) is 0 Å². The Labute approximate surface area is 101 Å². The van der Waals surface area contributed by atoms with Gasteiger partial charge < -0.3 is 0 Å². The van der Waals surface area contributed by atoms with Crippen molar-refractivity contribution in [1.82, 2.24) is 0 Å². The predicted octanol–water partition coefficient (Wildman–Crippen LogP) is 0.0770. The molecule has 88 valence electrons. The molecule has 0 aliphatic carbocycles. The van der Waals surface area contributed by atoms with Crippen LogP contribution in [0.5, 0.6) is 11.5 Å². The number of phenols is 2. The second kappa shape index (κ2) is 4.32. The SMILES string of the molecule is O=[As](O)(c1ccc(O)cc1)c1ccc(O)cc1. The van der Waals surface area contributed by atoms with E-state index in [0.717, 1.165) is 0 Å². The molecule has 0 aliphatic heterocycles. The summed E-state index contributed by atoms with van der Waals surface area (Å²) in [4.78, 5) is 0. The molecule has 2 aromatic carbocycles. The van der Waals surface area contributed by atoms with Crippen molar-refractivity contribution in [2.45, 2.75) is 0 Å². The summed E-state index contributed by atoms with van der Waals surface area (Å²) in [5, 5.41) is 18.3. The van der Waals surface area contributed by atoms with Crippen LogP contribution in [-0.2, 0) is 3.74 Å². The molecule has 17 heavy (non-hydrogen) atoms. The summed E-state index contributed by atoms with van der Waals surface area (Å²) < 4.78 is 23.0. The number of hydrogen-bond acceptors (Lipinski definition) is 3. The molecule has 0 spiro atoms. The van der Waals surface area contributed by atoms with Crippen LogP contribution in [0.4, 0.5) is 0 Å². The third-order valence-corrected chi connectivity index (χ3v) is 6.59. The van der Waals surface area contributed by atoms with Crippen molar-refractivity contribution in [2.75, 3.05) is 0 Å². The molecule has 0 atom stereocenters. The van der Waals surface area contributed by atoms with Gasteiger partial charge in [0.1, 0.15) is 0 Å². The van der Waals surface area contributed by atoms with Crippen molar-refractivity contribution >= 4 is 22.5 Å². The first-order valence-electron chi connectivity index (χ1n) is 4.92. The van der Waals surface area contributed by atoms with Crippen LogP contribution in [0.15, 0.2) is 48.5 Å². The summed E-state index contributed by atoms with van der Waals surface area (Å²) >= 11 is -4.35. The molecule has 5 heteroatoms. The van der Waals surface area contributed by atoms with E-state index in [-0.39, 0.29) is 11.5 Å². The van der Waals surface area contributed by atoms with E-state index >= 15 is 0 Å². The van der Waals surface area contributed by atoms with Crippen LogP contribution in [0.3, 0.4) is 0 Å². The molecule has 0 aliphatic rings. The Kier molecular flexibility index (Phi) is 3.01. The number of rotatable bonds is 2. The fourth-order valence-corrected chi connectivity index (χ4v) is 4.41. The van der Waals surface area contributed by atoms with E-state index in [1.54, 1.807) is 0 Å². The van der Waals surface area contributed by atoms with Crippen molar-refractivity contribution in [1.29, 1.82) is 0 Å². The molecule has 0 unspecified atom stereocenters. The molecule has 0 saturated carbocycles. The second-order valence-electron chi connectivity index (χ2n) is 3.61. The minimum absolute atomic E-state index is 0.0509. The number of benzene rings is 2. The Balaban J connectivity index is 2.45. The summed E-state index contributed by atoms with van der Waals surface area (Å²) in [7, 11) is 0. The third kappa shape index (κ3) is 2.38. The van der Waals surface area contributed by atoms with Crippen molar-refractivity contribution in [2.24, 2.45) is 0 Å². The van der Waals surface area contributed by atoms with E-state index in [2.05, 4.69) is 0 Å². The average molecular weight is 294 g/mol. The van der Waals surface area contributed by atoms with Crippen LogP contribution >= 0.6 is 0 Å². The molecule has 0 amide bonds. The molecule has 0 bridgehead atoms. The third-order valence-electron chi connectivity index (χ3n) is 2.40.